The minimum atomic E-state index is -0.0419. The van der Waals surface area contributed by atoms with Crippen LogP contribution < -0.4 is 5.32 Å². The lowest BCUT2D eigenvalue weighted by Crippen LogP contribution is -2.40. The average molecular weight is 390 g/mol. The number of hydrogen-bond donors (Lipinski definition) is 1. The summed E-state index contributed by atoms with van der Waals surface area (Å²) in [6.07, 6.45) is 9.50. The van der Waals surface area contributed by atoms with Crippen molar-refractivity contribution in [3.05, 3.63) is 28.5 Å². The standard InChI is InChI=1S/C14H18Br2N2O/c15-9-14(4-2-1-3-5-14)10-18-13(19)11-6-12(16)8-17-7-11/h6-8H,1-5,9-10H2,(H,18,19). The Kier molecular flexibility index (Phi) is 5.39. The van der Waals surface area contributed by atoms with Gasteiger partial charge in [0.15, 0.2) is 0 Å². The SMILES string of the molecule is O=C(NCC1(CBr)CCCCC1)c1cncc(Br)c1. The van der Waals surface area contributed by atoms with Gasteiger partial charge >= 0.3 is 0 Å². The van der Waals surface area contributed by atoms with Crippen LogP contribution in [0.25, 0.3) is 0 Å². The number of amides is 1. The predicted molar refractivity (Wildman–Crippen MR) is 83.6 cm³/mol. The van der Waals surface area contributed by atoms with Crippen molar-refractivity contribution in [2.45, 2.75) is 32.1 Å². The van der Waals surface area contributed by atoms with Gasteiger partial charge in [0.1, 0.15) is 0 Å². The maximum absolute atomic E-state index is 12.1. The molecule has 1 aliphatic carbocycles. The normalized spacial score (nSPS) is 18.0. The highest BCUT2D eigenvalue weighted by Crippen LogP contribution is 2.37. The third-order valence-corrected chi connectivity index (χ3v) is 5.41. The van der Waals surface area contributed by atoms with Crippen molar-refractivity contribution in [1.82, 2.24) is 10.3 Å². The molecular weight excluding hydrogens is 372 g/mol. The number of hydrogen-bond acceptors (Lipinski definition) is 2. The van der Waals surface area contributed by atoms with E-state index in [0.29, 0.717) is 5.56 Å². The zero-order chi connectivity index (χ0) is 13.7. The van der Waals surface area contributed by atoms with E-state index >= 15 is 0 Å². The van der Waals surface area contributed by atoms with E-state index in [1.165, 1.54) is 32.1 Å². The molecule has 0 spiro atoms. The van der Waals surface area contributed by atoms with Crippen LogP contribution in [0.3, 0.4) is 0 Å². The molecule has 2 rings (SSSR count). The molecule has 0 atom stereocenters. The number of rotatable bonds is 4. The Morgan fingerprint density at radius 1 is 1.32 bits per heavy atom. The molecular formula is C14H18Br2N2O. The monoisotopic (exact) mass is 388 g/mol. The Morgan fingerprint density at radius 3 is 2.68 bits per heavy atom. The van der Waals surface area contributed by atoms with E-state index in [4.69, 9.17) is 0 Å². The fourth-order valence-corrected chi connectivity index (χ4v) is 3.69. The van der Waals surface area contributed by atoms with E-state index in [1.807, 2.05) is 0 Å². The Bertz CT molecular complexity index is 445. The minimum absolute atomic E-state index is 0.0419. The van der Waals surface area contributed by atoms with Crippen molar-refractivity contribution >= 4 is 37.8 Å². The Labute approximate surface area is 130 Å². The van der Waals surface area contributed by atoms with Gasteiger partial charge in [-0.25, -0.2) is 0 Å². The molecule has 1 N–H and O–H groups in total. The Balaban J connectivity index is 1.95. The summed E-state index contributed by atoms with van der Waals surface area (Å²) in [4.78, 5) is 16.1. The summed E-state index contributed by atoms with van der Waals surface area (Å²) < 4.78 is 0.827. The quantitative estimate of drug-likeness (QED) is 0.793. The summed E-state index contributed by atoms with van der Waals surface area (Å²) in [5.74, 6) is -0.0419. The van der Waals surface area contributed by atoms with E-state index < -0.39 is 0 Å². The second kappa shape index (κ2) is 6.84. The van der Waals surface area contributed by atoms with E-state index in [1.54, 1.807) is 18.5 Å². The largest absolute Gasteiger partial charge is 0.351 e. The van der Waals surface area contributed by atoms with Crippen LogP contribution in [0.1, 0.15) is 42.5 Å². The van der Waals surface area contributed by atoms with Crippen LogP contribution >= 0.6 is 31.9 Å². The first-order chi connectivity index (χ1) is 9.15. The number of halogens is 2. The third kappa shape index (κ3) is 4.02. The van der Waals surface area contributed by atoms with Gasteiger partial charge in [0.2, 0.25) is 0 Å². The van der Waals surface area contributed by atoms with Crippen LogP contribution in [0.15, 0.2) is 22.9 Å². The van der Waals surface area contributed by atoms with Gasteiger partial charge in [0.25, 0.3) is 5.91 Å². The van der Waals surface area contributed by atoms with Crippen LogP contribution in [0.5, 0.6) is 0 Å². The zero-order valence-corrected chi connectivity index (χ0v) is 14.0. The number of aromatic nitrogens is 1. The lowest BCUT2D eigenvalue weighted by molar-refractivity contribution is 0.0921. The maximum atomic E-state index is 12.1. The zero-order valence-electron chi connectivity index (χ0n) is 10.8. The average Bonchev–Trinajstić information content (AvgIpc) is 2.46. The number of nitrogens with one attached hydrogen (secondary N) is 1. The van der Waals surface area contributed by atoms with Crippen LogP contribution in [0.2, 0.25) is 0 Å². The third-order valence-electron chi connectivity index (χ3n) is 3.79. The van der Waals surface area contributed by atoms with Crippen molar-refractivity contribution in [3.8, 4) is 0 Å². The molecule has 1 heterocycles. The van der Waals surface area contributed by atoms with Crippen LogP contribution in [-0.4, -0.2) is 22.8 Å². The molecule has 1 saturated carbocycles. The first kappa shape index (κ1) is 15.0. The van der Waals surface area contributed by atoms with Crippen molar-refractivity contribution < 1.29 is 4.79 Å². The van der Waals surface area contributed by atoms with Gasteiger partial charge in [-0.15, -0.1) is 0 Å². The molecule has 0 aromatic carbocycles. The Hall–Kier alpha value is -0.420. The van der Waals surface area contributed by atoms with Gasteiger partial charge in [-0.05, 0) is 40.3 Å². The number of nitrogens with zero attached hydrogens (tertiary/aromatic N) is 1. The molecule has 1 aliphatic rings. The first-order valence-electron chi connectivity index (χ1n) is 6.60. The highest BCUT2D eigenvalue weighted by Gasteiger charge is 2.31. The minimum Gasteiger partial charge on any atom is -0.351 e. The predicted octanol–water partition coefficient (Wildman–Crippen LogP) is 3.92. The van der Waals surface area contributed by atoms with E-state index in [9.17, 15) is 4.79 Å². The first-order valence-corrected chi connectivity index (χ1v) is 8.51. The van der Waals surface area contributed by atoms with Crippen molar-refractivity contribution in [2.75, 3.05) is 11.9 Å². The molecule has 1 aromatic rings. The molecule has 1 aromatic heterocycles. The molecule has 0 unspecified atom stereocenters. The topological polar surface area (TPSA) is 42.0 Å². The van der Waals surface area contributed by atoms with Gasteiger partial charge in [0.05, 0.1) is 5.56 Å². The molecule has 0 radical (unpaired) electrons. The van der Waals surface area contributed by atoms with Gasteiger partial charge in [-0.2, -0.15) is 0 Å². The molecule has 104 valence electrons. The van der Waals surface area contributed by atoms with E-state index in [0.717, 1.165) is 16.3 Å². The summed E-state index contributed by atoms with van der Waals surface area (Å²) in [5, 5.41) is 4.01. The number of carbonyl (C=O) groups excluding carboxylic acids is 1. The maximum Gasteiger partial charge on any atom is 0.252 e. The van der Waals surface area contributed by atoms with Crippen molar-refractivity contribution in [2.24, 2.45) is 5.41 Å². The molecule has 19 heavy (non-hydrogen) atoms. The van der Waals surface area contributed by atoms with Gasteiger partial charge in [0, 0.05) is 28.7 Å². The molecule has 3 nitrogen and oxygen atoms in total. The number of carbonyl (C=O) groups is 1. The van der Waals surface area contributed by atoms with Gasteiger partial charge < -0.3 is 5.32 Å². The lowest BCUT2D eigenvalue weighted by Gasteiger charge is -2.35. The Morgan fingerprint density at radius 2 is 2.05 bits per heavy atom. The fraction of sp³-hybridized carbons (Fsp3) is 0.571. The van der Waals surface area contributed by atoms with Crippen molar-refractivity contribution in [3.63, 3.8) is 0 Å². The molecule has 5 heteroatoms. The summed E-state index contributed by atoms with van der Waals surface area (Å²) in [6, 6.07) is 1.80. The molecule has 0 saturated heterocycles. The fourth-order valence-electron chi connectivity index (χ4n) is 2.57. The second-order valence-electron chi connectivity index (χ2n) is 5.27. The lowest BCUT2D eigenvalue weighted by atomic mass is 9.75. The van der Waals surface area contributed by atoms with Crippen LogP contribution in [0, 0.1) is 5.41 Å². The summed E-state index contributed by atoms with van der Waals surface area (Å²) >= 11 is 6.95. The molecule has 1 fully saturated rings. The molecule has 1 amide bonds. The van der Waals surface area contributed by atoms with Crippen LogP contribution in [0.4, 0.5) is 0 Å². The van der Waals surface area contributed by atoms with E-state index in [-0.39, 0.29) is 11.3 Å². The van der Waals surface area contributed by atoms with E-state index in [2.05, 4.69) is 42.2 Å². The van der Waals surface area contributed by atoms with Crippen LogP contribution in [-0.2, 0) is 0 Å². The summed E-state index contributed by atoms with van der Waals surface area (Å²) in [7, 11) is 0. The number of pyridine rings is 1. The number of alkyl halides is 1. The highest BCUT2D eigenvalue weighted by molar-refractivity contribution is 9.10. The molecule has 0 aliphatic heterocycles. The molecule has 0 bridgehead atoms. The van der Waals surface area contributed by atoms with Gasteiger partial charge in [-0.3, -0.25) is 9.78 Å². The van der Waals surface area contributed by atoms with Crippen molar-refractivity contribution in [1.29, 1.82) is 0 Å². The van der Waals surface area contributed by atoms with Gasteiger partial charge in [-0.1, -0.05) is 35.2 Å². The second-order valence-corrected chi connectivity index (χ2v) is 6.75. The summed E-state index contributed by atoms with van der Waals surface area (Å²) in [6.45, 7) is 0.740. The smallest absolute Gasteiger partial charge is 0.252 e. The summed E-state index contributed by atoms with van der Waals surface area (Å²) in [5.41, 5.74) is 0.836. The highest BCUT2D eigenvalue weighted by atomic mass is 79.9.